The highest BCUT2D eigenvalue weighted by Crippen LogP contribution is 2.28. The number of rotatable bonds is 3. The molecular formula is C9H8BrF2IO. The minimum atomic E-state index is -2.80. The lowest BCUT2D eigenvalue weighted by atomic mass is 10.3. The Balaban J connectivity index is 2.72. The molecule has 14 heavy (non-hydrogen) atoms. The molecule has 0 N–H and O–H groups in total. The van der Waals surface area contributed by atoms with Crippen molar-refractivity contribution in [3.63, 3.8) is 0 Å². The molecule has 0 saturated carbocycles. The highest BCUT2D eigenvalue weighted by Gasteiger charge is 2.22. The minimum absolute atomic E-state index is 0.443. The summed E-state index contributed by atoms with van der Waals surface area (Å²) in [4.78, 5) is 0. The van der Waals surface area contributed by atoms with Crippen LogP contribution in [0.4, 0.5) is 8.78 Å². The number of alkyl halides is 2. The molecule has 0 aromatic heterocycles. The lowest BCUT2D eigenvalue weighted by Crippen LogP contribution is -2.21. The minimum Gasteiger partial charge on any atom is -0.486 e. The van der Waals surface area contributed by atoms with Crippen LogP contribution >= 0.6 is 38.5 Å². The molecule has 0 bridgehead atoms. The van der Waals surface area contributed by atoms with Gasteiger partial charge in [-0.15, -0.1) is 0 Å². The summed E-state index contributed by atoms with van der Waals surface area (Å²) in [6, 6.07) is 5.34. The van der Waals surface area contributed by atoms with Crippen molar-refractivity contribution in [3.8, 4) is 5.75 Å². The summed E-state index contributed by atoms with van der Waals surface area (Å²) in [6.07, 6.45) is 0. The fourth-order valence-electron chi connectivity index (χ4n) is 0.792. The molecule has 0 aliphatic rings. The van der Waals surface area contributed by atoms with Gasteiger partial charge in [0.05, 0.1) is 4.47 Å². The molecular weight excluding hydrogens is 369 g/mol. The van der Waals surface area contributed by atoms with Crippen molar-refractivity contribution in [1.29, 1.82) is 0 Å². The van der Waals surface area contributed by atoms with Crippen LogP contribution < -0.4 is 4.74 Å². The van der Waals surface area contributed by atoms with Gasteiger partial charge >= 0.3 is 0 Å². The van der Waals surface area contributed by atoms with Crippen LogP contribution in [0, 0.1) is 3.57 Å². The van der Waals surface area contributed by atoms with Crippen molar-refractivity contribution in [2.24, 2.45) is 0 Å². The molecule has 1 rings (SSSR count). The van der Waals surface area contributed by atoms with Gasteiger partial charge < -0.3 is 4.74 Å². The van der Waals surface area contributed by atoms with E-state index in [0.717, 1.165) is 10.5 Å². The molecule has 1 aromatic rings. The Labute approximate surface area is 103 Å². The zero-order chi connectivity index (χ0) is 10.8. The quantitative estimate of drug-likeness (QED) is 0.722. The maximum absolute atomic E-state index is 12.5. The van der Waals surface area contributed by atoms with E-state index in [1.807, 2.05) is 6.07 Å². The first-order chi connectivity index (χ1) is 6.38. The van der Waals surface area contributed by atoms with Gasteiger partial charge in [-0.3, -0.25) is 0 Å². The molecule has 0 amide bonds. The van der Waals surface area contributed by atoms with Crippen molar-refractivity contribution in [3.05, 3.63) is 26.2 Å². The Hall–Kier alpha value is 0.0900. The summed E-state index contributed by atoms with van der Waals surface area (Å²) < 4.78 is 31.6. The van der Waals surface area contributed by atoms with Gasteiger partial charge in [0, 0.05) is 10.5 Å². The summed E-state index contributed by atoms with van der Waals surface area (Å²) in [5, 5.41) is 0. The molecule has 0 fully saturated rings. The number of halogens is 4. The number of ether oxygens (including phenoxy) is 1. The maximum Gasteiger partial charge on any atom is 0.278 e. The lowest BCUT2D eigenvalue weighted by Gasteiger charge is -2.13. The van der Waals surface area contributed by atoms with Crippen molar-refractivity contribution in [1.82, 2.24) is 0 Å². The predicted octanol–water partition coefficient (Wildman–Crippen LogP) is 4.09. The third kappa shape index (κ3) is 4.08. The number of hydrogen-bond acceptors (Lipinski definition) is 1. The predicted molar refractivity (Wildman–Crippen MR) is 63.0 cm³/mol. The first kappa shape index (κ1) is 12.2. The van der Waals surface area contributed by atoms with Gasteiger partial charge in [0.1, 0.15) is 5.75 Å². The molecule has 0 unspecified atom stereocenters. The summed E-state index contributed by atoms with van der Waals surface area (Å²) in [7, 11) is 0. The Morgan fingerprint density at radius 2 is 2.14 bits per heavy atom. The van der Waals surface area contributed by atoms with Crippen LogP contribution in [0.25, 0.3) is 0 Å². The van der Waals surface area contributed by atoms with Crippen molar-refractivity contribution in [2.75, 3.05) is 6.61 Å². The van der Waals surface area contributed by atoms with E-state index in [-0.39, 0.29) is 0 Å². The first-order valence-electron chi connectivity index (χ1n) is 3.84. The molecule has 0 heterocycles. The van der Waals surface area contributed by atoms with E-state index >= 15 is 0 Å². The van der Waals surface area contributed by atoms with Crippen LogP contribution in [0.1, 0.15) is 6.92 Å². The molecule has 78 valence electrons. The molecule has 0 radical (unpaired) electrons. The van der Waals surface area contributed by atoms with Gasteiger partial charge in [-0.25, -0.2) is 8.78 Å². The van der Waals surface area contributed by atoms with Gasteiger partial charge in [0.15, 0.2) is 6.61 Å². The highest BCUT2D eigenvalue weighted by molar-refractivity contribution is 14.1. The first-order valence-corrected chi connectivity index (χ1v) is 5.71. The van der Waals surface area contributed by atoms with Crippen LogP contribution in [-0.2, 0) is 0 Å². The number of benzene rings is 1. The molecule has 5 heteroatoms. The average Bonchev–Trinajstić information content (AvgIpc) is 2.05. The third-order valence-corrected chi connectivity index (χ3v) is 2.70. The second-order valence-electron chi connectivity index (χ2n) is 2.93. The lowest BCUT2D eigenvalue weighted by molar-refractivity contribution is -0.0231. The summed E-state index contributed by atoms with van der Waals surface area (Å²) in [5.41, 5.74) is 0. The van der Waals surface area contributed by atoms with E-state index < -0.39 is 12.5 Å². The van der Waals surface area contributed by atoms with E-state index in [2.05, 4.69) is 38.5 Å². The van der Waals surface area contributed by atoms with Gasteiger partial charge in [0.25, 0.3) is 5.92 Å². The zero-order valence-electron chi connectivity index (χ0n) is 7.36. The molecule has 0 spiro atoms. The van der Waals surface area contributed by atoms with Crippen LogP contribution in [0.2, 0.25) is 0 Å². The Morgan fingerprint density at radius 3 is 2.71 bits per heavy atom. The maximum atomic E-state index is 12.5. The van der Waals surface area contributed by atoms with E-state index in [4.69, 9.17) is 4.74 Å². The zero-order valence-corrected chi connectivity index (χ0v) is 11.1. The van der Waals surface area contributed by atoms with Gasteiger partial charge in [-0.2, -0.15) is 0 Å². The molecule has 1 aromatic carbocycles. The highest BCUT2D eigenvalue weighted by atomic mass is 127. The SMILES string of the molecule is CC(F)(F)COc1cc(I)ccc1Br. The smallest absolute Gasteiger partial charge is 0.278 e. The molecule has 1 nitrogen and oxygen atoms in total. The van der Waals surface area contributed by atoms with Crippen LogP contribution in [0.3, 0.4) is 0 Å². The normalized spacial score (nSPS) is 11.5. The second-order valence-corrected chi connectivity index (χ2v) is 5.03. The van der Waals surface area contributed by atoms with Gasteiger partial charge in [0.2, 0.25) is 0 Å². The molecule has 0 aliphatic heterocycles. The van der Waals surface area contributed by atoms with Crippen molar-refractivity contribution in [2.45, 2.75) is 12.8 Å². The third-order valence-electron chi connectivity index (χ3n) is 1.37. The standard InChI is InChI=1S/C9H8BrF2IO/c1-9(11,12)5-14-8-4-6(13)2-3-7(8)10/h2-4H,5H2,1H3. The van der Waals surface area contributed by atoms with Crippen molar-refractivity contribution < 1.29 is 13.5 Å². The van der Waals surface area contributed by atoms with E-state index in [0.29, 0.717) is 10.2 Å². The summed E-state index contributed by atoms with van der Waals surface area (Å²) in [6.45, 7) is 0.223. The van der Waals surface area contributed by atoms with Gasteiger partial charge in [-0.1, -0.05) is 0 Å². The van der Waals surface area contributed by atoms with Crippen molar-refractivity contribution >= 4 is 38.5 Å². The van der Waals surface area contributed by atoms with Crippen LogP contribution in [0.5, 0.6) is 5.75 Å². The van der Waals surface area contributed by atoms with Crippen LogP contribution in [-0.4, -0.2) is 12.5 Å². The summed E-state index contributed by atoms with van der Waals surface area (Å²) >= 11 is 5.32. The largest absolute Gasteiger partial charge is 0.486 e. The Bertz CT molecular complexity index is 325. The Kier molecular flexibility index (Phi) is 4.12. The number of hydrogen-bond donors (Lipinski definition) is 0. The van der Waals surface area contributed by atoms with E-state index in [9.17, 15) is 8.78 Å². The topological polar surface area (TPSA) is 9.23 Å². The summed E-state index contributed by atoms with van der Waals surface area (Å²) in [5.74, 6) is -2.36. The monoisotopic (exact) mass is 376 g/mol. The Morgan fingerprint density at radius 1 is 1.50 bits per heavy atom. The molecule has 0 atom stereocenters. The second kappa shape index (κ2) is 4.74. The fraction of sp³-hybridized carbons (Fsp3) is 0.333. The van der Waals surface area contributed by atoms with E-state index in [1.165, 1.54) is 0 Å². The molecule has 0 aliphatic carbocycles. The molecule has 0 saturated heterocycles. The fourth-order valence-corrected chi connectivity index (χ4v) is 1.62. The van der Waals surface area contributed by atoms with E-state index in [1.54, 1.807) is 12.1 Å². The average molecular weight is 377 g/mol. The van der Waals surface area contributed by atoms with Crippen LogP contribution in [0.15, 0.2) is 22.7 Å². The van der Waals surface area contributed by atoms with Gasteiger partial charge in [-0.05, 0) is 56.7 Å².